The van der Waals surface area contributed by atoms with E-state index in [1.165, 1.54) is 24.3 Å². The smallest absolute Gasteiger partial charge is 0.356 e. The predicted molar refractivity (Wildman–Crippen MR) is 67.4 cm³/mol. The fourth-order valence-electron chi connectivity index (χ4n) is 1.40. The molecule has 0 spiro atoms. The van der Waals surface area contributed by atoms with Gasteiger partial charge in [-0.2, -0.15) is 5.26 Å². The van der Waals surface area contributed by atoms with Gasteiger partial charge in [-0.05, 0) is 18.2 Å². The van der Waals surface area contributed by atoms with Gasteiger partial charge >= 0.3 is 5.97 Å². The van der Waals surface area contributed by atoms with Crippen molar-refractivity contribution in [1.29, 1.82) is 5.26 Å². The zero-order chi connectivity index (χ0) is 14.7. The first-order valence-electron chi connectivity index (χ1n) is 5.28. The van der Waals surface area contributed by atoms with Crippen LogP contribution in [0, 0.1) is 17.1 Å². The molecule has 7 heteroatoms. The van der Waals surface area contributed by atoms with Crippen molar-refractivity contribution >= 4 is 17.6 Å². The molecule has 0 unspecified atom stereocenters. The summed E-state index contributed by atoms with van der Waals surface area (Å²) >= 11 is 5.66. The normalized spacial score (nSPS) is 9.85. The number of rotatable bonds is 3. The van der Waals surface area contributed by atoms with Gasteiger partial charge in [0, 0.05) is 12.1 Å². The standard InChI is InChI=1S/C13H6ClFN2O3/c14-9-3-4-11(17-12(9)13(18)19)20-8-2-1-7(6-16)10(15)5-8/h1-5H,(H,18,19). The van der Waals surface area contributed by atoms with Gasteiger partial charge in [-0.3, -0.25) is 0 Å². The van der Waals surface area contributed by atoms with Gasteiger partial charge in [0.1, 0.15) is 17.6 Å². The summed E-state index contributed by atoms with van der Waals surface area (Å²) < 4.78 is 18.6. The van der Waals surface area contributed by atoms with Crippen LogP contribution in [0.3, 0.4) is 0 Å². The first-order chi connectivity index (χ1) is 9.51. The first kappa shape index (κ1) is 13.8. The molecular formula is C13H6ClFN2O3. The average Bonchev–Trinajstić information content (AvgIpc) is 2.41. The molecule has 5 nitrogen and oxygen atoms in total. The molecule has 0 fully saturated rings. The van der Waals surface area contributed by atoms with Crippen LogP contribution in [0.1, 0.15) is 16.1 Å². The first-order valence-corrected chi connectivity index (χ1v) is 5.66. The number of benzene rings is 1. The number of nitrogens with zero attached hydrogens (tertiary/aromatic N) is 2. The van der Waals surface area contributed by atoms with Crippen molar-refractivity contribution in [2.45, 2.75) is 0 Å². The summed E-state index contributed by atoms with van der Waals surface area (Å²) in [5.41, 5.74) is -0.481. The topological polar surface area (TPSA) is 83.2 Å². The third kappa shape index (κ3) is 2.84. The largest absolute Gasteiger partial charge is 0.476 e. The molecule has 0 aliphatic heterocycles. The Bertz CT molecular complexity index is 728. The van der Waals surface area contributed by atoms with Crippen LogP contribution in [0.2, 0.25) is 5.02 Å². The summed E-state index contributed by atoms with van der Waals surface area (Å²) in [4.78, 5) is 14.6. The number of carboxylic acid groups (broad SMARTS) is 1. The van der Waals surface area contributed by atoms with Crippen LogP contribution in [0.25, 0.3) is 0 Å². The number of hydrogen-bond donors (Lipinski definition) is 1. The monoisotopic (exact) mass is 292 g/mol. The summed E-state index contributed by atoms with van der Waals surface area (Å²) in [6.45, 7) is 0. The number of ether oxygens (including phenoxy) is 1. The molecule has 1 heterocycles. The lowest BCUT2D eigenvalue weighted by Crippen LogP contribution is -2.02. The fourth-order valence-corrected chi connectivity index (χ4v) is 1.59. The second-order valence-corrected chi connectivity index (χ2v) is 4.05. The number of halogens is 2. The highest BCUT2D eigenvalue weighted by atomic mass is 35.5. The Hall–Kier alpha value is -2.65. The van der Waals surface area contributed by atoms with E-state index in [1.54, 1.807) is 6.07 Å². The van der Waals surface area contributed by atoms with E-state index in [4.69, 9.17) is 26.7 Å². The Balaban J connectivity index is 2.31. The Kier molecular flexibility index (Phi) is 3.82. The Labute approximate surface area is 117 Å². The zero-order valence-corrected chi connectivity index (χ0v) is 10.6. The van der Waals surface area contributed by atoms with Crippen molar-refractivity contribution in [3.05, 3.63) is 52.4 Å². The molecule has 0 bridgehead atoms. The summed E-state index contributed by atoms with van der Waals surface area (Å²) in [7, 11) is 0. The van der Waals surface area contributed by atoms with Crippen LogP contribution in [-0.4, -0.2) is 16.1 Å². The number of hydrogen-bond acceptors (Lipinski definition) is 4. The highest BCUT2D eigenvalue weighted by molar-refractivity contribution is 6.33. The number of nitriles is 1. The number of aromatic nitrogens is 1. The van der Waals surface area contributed by atoms with Crippen LogP contribution in [0.15, 0.2) is 30.3 Å². The average molecular weight is 293 g/mol. The Morgan fingerprint density at radius 1 is 1.40 bits per heavy atom. The van der Waals surface area contributed by atoms with Crippen molar-refractivity contribution < 1.29 is 19.0 Å². The van der Waals surface area contributed by atoms with Crippen molar-refractivity contribution in [3.63, 3.8) is 0 Å². The van der Waals surface area contributed by atoms with Gasteiger partial charge in [0.25, 0.3) is 0 Å². The van der Waals surface area contributed by atoms with E-state index in [2.05, 4.69) is 4.98 Å². The lowest BCUT2D eigenvalue weighted by atomic mass is 10.2. The maximum absolute atomic E-state index is 13.4. The quantitative estimate of drug-likeness (QED) is 0.939. The van der Waals surface area contributed by atoms with E-state index in [1.807, 2.05) is 0 Å². The SMILES string of the molecule is N#Cc1ccc(Oc2ccc(Cl)c(C(=O)O)n2)cc1F. The molecule has 0 aliphatic carbocycles. The molecule has 0 amide bonds. The van der Waals surface area contributed by atoms with E-state index in [0.29, 0.717) is 0 Å². The maximum atomic E-state index is 13.4. The van der Waals surface area contributed by atoms with Crippen molar-refractivity contribution in [2.75, 3.05) is 0 Å². The molecule has 0 radical (unpaired) electrons. The second-order valence-electron chi connectivity index (χ2n) is 3.64. The second kappa shape index (κ2) is 5.55. The Morgan fingerprint density at radius 2 is 2.15 bits per heavy atom. The molecule has 20 heavy (non-hydrogen) atoms. The minimum Gasteiger partial charge on any atom is -0.476 e. The third-order valence-electron chi connectivity index (χ3n) is 2.31. The molecule has 1 N–H and O–H groups in total. The van der Waals surface area contributed by atoms with Gasteiger partial charge in [-0.25, -0.2) is 14.2 Å². The van der Waals surface area contributed by atoms with Crippen molar-refractivity contribution in [1.82, 2.24) is 4.98 Å². The molecule has 0 atom stereocenters. The van der Waals surface area contributed by atoms with Gasteiger partial charge in [0.15, 0.2) is 5.69 Å². The van der Waals surface area contributed by atoms with Gasteiger partial charge in [0.2, 0.25) is 5.88 Å². The van der Waals surface area contributed by atoms with E-state index in [0.717, 1.165) is 6.07 Å². The molecule has 2 rings (SSSR count). The summed E-state index contributed by atoms with van der Waals surface area (Å²) in [5.74, 6) is -1.99. The lowest BCUT2D eigenvalue weighted by Gasteiger charge is -2.06. The summed E-state index contributed by atoms with van der Waals surface area (Å²) in [6.07, 6.45) is 0. The summed E-state index contributed by atoms with van der Waals surface area (Å²) in [5, 5.41) is 17.4. The van der Waals surface area contributed by atoms with E-state index < -0.39 is 11.8 Å². The van der Waals surface area contributed by atoms with Crippen LogP contribution in [0.5, 0.6) is 11.6 Å². The molecule has 1 aromatic carbocycles. The van der Waals surface area contributed by atoms with Crippen molar-refractivity contribution in [3.8, 4) is 17.7 Å². The number of carboxylic acids is 1. The zero-order valence-electron chi connectivity index (χ0n) is 9.80. The van der Waals surface area contributed by atoms with Gasteiger partial charge in [-0.15, -0.1) is 0 Å². The number of aromatic carboxylic acids is 1. The minimum atomic E-state index is -1.30. The van der Waals surface area contributed by atoms with E-state index >= 15 is 0 Å². The maximum Gasteiger partial charge on any atom is 0.356 e. The fraction of sp³-hybridized carbons (Fsp3) is 0. The third-order valence-corrected chi connectivity index (χ3v) is 2.61. The van der Waals surface area contributed by atoms with Gasteiger partial charge < -0.3 is 9.84 Å². The van der Waals surface area contributed by atoms with Crippen LogP contribution in [0.4, 0.5) is 4.39 Å². The van der Waals surface area contributed by atoms with Gasteiger partial charge in [-0.1, -0.05) is 11.6 Å². The van der Waals surface area contributed by atoms with E-state index in [-0.39, 0.29) is 27.9 Å². The molecular weight excluding hydrogens is 287 g/mol. The minimum absolute atomic E-state index is 0.0316. The van der Waals surface area contributed by atoms with E-state index in [9.17, 15) is 9.18 Å². The van der Waals surface area contributed by atoms with Crippen molar-refractivity contribution in [2.24, 2.45) is 0 Å². The highest BCUT2D eigenvalue weighted by Crippen LogP contribution is 2.24. The predicted octanol–water partition coefficient (Wildman–Crippen LogP) is 3.24. The molecule has 100 valence electrons. The molecule has 1 aromatic heterocycles. The number of carbonyl (C=O) groups is 1. The highest BCUT2D eigenvalue weighted by Gasteiger charge is 2.13. The number of pyridine rings is 1. The van der Waals surface area contributed by atoms with Crippen LogP contribution in [-0.2, 0) is 0 Å². The molecule has 0 saturated heterocycles. The molecule has 2 aromatic rings. The molecule has 0 aliphatic rings. The molecule has 0 saturated carbocycles. The Morgan fingerprint density at radius 3 is 2.75 bits per heavy atom. The lowest BCUT2D eigenvalue weighted by molar-refractivity contribution is 0.0690. The van der Waals surface area contributed by atoms with Crippen LogP contribution < -0.4 is 4.74 Å². The van der Waals surface area contributed by atoms with Gasteiger partial charge in [0.05, 0.1) is 10.6 Å². The van der Waals surface area contributed by atoms with Crippen LogP contribution >= 0.6 is 11.6 Å². The summed E-state index contributed by atoms with van der Waals surface area (Å²) in [6, 6.07) is 7.97.